The summed E-state index contributed by atoms with van der Waals surface area (Å²) in [7, 11) is 0. The van der Waals surface area contributed by atoms with Crippen molar-refractivity contribution in [1.29, 1.82) is 0 Å². The molecule has 1 fully saturated rings. The number of hydrogen-bond donors (Lipinski definition) is 4. The third-order valence-corrected chi connectivity index (χ3v) is 11.9. The van der Waals surface area contributed by atoms with E-state index in [1.165, 1.54) is 154 Å². The molecule has 1 rings (SSSR count). The summed E-state index contributed by atoms with van der Waals surface area (Å²) >= 11 is 0. The van der Waals surface area contributed by atoms with Crippen molar-refractivity contribution in [2.24, 2.45) is 0 Å². The van der Waals surface area contributed by atoms with E-state index in [2.05, 4.69) is 26.0 Å². The molecule has 0 aromatic rings. The lowest BCUT2D eigenvalue weighted by molar-refractivity contribution is -0.305. The number of carbonyl (C=O) groups excluding carboxylic acids is 2. The van der Waals surface area contributed by atoms with Crippen LogP contribution in [0.5, 0.6) is 0 Å². The van der Waals surface area contributed by atoms with Gasteiger partial charge in [0, 0.05) is 12.8 Å². The van der Waals surface area contributed by atoms with E-state index in [4.69, 9.17) is 18.9 Å². The zero-order chi connectivity index (χ0) is 43.7. The van der Waals surface area contributed by atoms with Crippen LogP contribution in [0.4, 0.5) is 0 Å². The maximum absolute atomic E-state index is 12.8. The molecule has 0 bridgehead atoms. The first-order chi connectivity index (χ1) is 29.3. The Bertz CT molecular complexity index is 990. The van der Waals surface area contributed by atoms with E-state index in [9.17, 15) is 30.0 Å². The predicted octanol–water partition coefficient (Wildman–Crippen LogP) is 11.5. The lowest BCUT2D eigenvalue weighted by Gasteiger charge is -2.39. The van der Waals surface area contributed by atoms with Gasteiger partial charge in [0.05, 0.1) is 13.2 Å². The third kappa shape index (κ3) is 32.2. The fraction of sp³-hybridized carbons (Fsp3) is 0.920. The molecule has 1 aliphatic heterocycles. The van der Waals surface area contributed by atoms with Gasteiger partial charge in [0.2, 0.25) is 0 Å². The van der Waals surface area contributed by atoms with Crippen LogP contribution in [0.1, 0.15) is 239 Å². The van der Waals surface area contributed by atoms with E-state index >= 15 is 0 Å². The highest BCUT2D eigenvalue weighted by Crippen LogP contribution is 2.23. The Morgan fingerprint density at radius 3 is 1.32 bits per heavy atom. The first-order valence-corrected chi connectivity index (χ1v) is 25.3. The Morgan fingerprint density at radius 2 is 0.883 bits per heavy atom. The molecule has 0 saturated carbocycles. The number of allylic oxidation sites excluding steroid dienone is 2. The highest BCUT2D eigenvalue weighted by molar-refractivity contribution is 5.70. The lowest BCUT2D eigenvalue weighted by atomic mass is 9.99. The average molecular weight is 855 g/mol. The van der Waals surface area contributed by atoms with Gasteiger partial charge in [-0.1, -0.05) is 199 Å². The van der Waals surface area contributed by atoms with E-state index in [0.717, 1.165) is 44.9 Å². The summed E-state index contributed by atoms with van der Waals surface area (Å²) in [6, 6.07) is 0. The normalized spacial score (nSPS) is 19.9. The summed E-state index contributed by atoms with van der Waals surface area (Å²) in [5, 5.41) is 40.1. The molecule has 60 heavy (non-hydrogen) atoms. The SMILES string of the molecule is CCCCCCCC/C=C/CCCCCC(=O)OC[C@H](CO[C@@H]1O[C@H](CO)[C@H](O)C(O)C1O)OC(=O)CCCCCCCCCCCCCCCCCCCCCCCC. The maximum Gasteiger partial charge on any atom is 0.306 e. The fourth-order valence-electron chi connectivity index (χ4n) is 7.89. The Kier molecular flexibility index (Phi) is 39.0. The Hall–Kier alpha value is -1.56. The first-order valence-electron chi connectivity index (χ1n) is 25.3. The van der Waals surface area contributed by atoms with Crippen molar-refractivity contribution in [2.45, 2.75) is 275 Å². The summed E-state index contributed by atoms with van der Waals surface area (Å²) in [5.41, 5.74) is 0. The van der Waals surface area contributed by atoms with Crippen LogP contribution in [0.3, 0.4) is 0 Å². The van der Waals surface area contributed by atoms with Gasteiger partial charge >= 0.3 is 11.9 Å². The second-order valence-electron chi connectivity index (χ2n) is 17.6. The van der Waals surface area contributed by atoms with Crippen LogP contribution in [-0.2, 0) is 28.5 Å². The van der Waals surface area contributed by atoms with Gasteiger partial charge in [-0.15, -0.1) is 0 Å². The molecule has 0 amide bonds. The highest BCUT2D eigenvalue weighted by Gasteiger charge is 2.44. The predicted molar refractivity (Wildman–Crippen MR) is 243 cm³/mol. The number of ether oxygens (including phenoxy) is 4. The van der Waals surface area contributed by atoms with Crippen LogP contribution in [0, 0.1) is 0 Å². The van der Waals surface area contributed by atoms with Crippen LogP contribution in [0.25, 0.3) is 0 Å². The van der Waals surface area contributed by atoms with Crippen molar-refractivity contribution >= 4 is 11.9 Å². The second-order valence-corrected chi connectivity index (χ2v) is 17.6. The van der Waals surface area contributed by atoms with E-state index in [-0.39, 0.29) is 32.0 Å². The molecule has 6 atom stereocenters. The molecule has 1 heterocycles. The molecule has 10 nitrogen and oxygen atoms in total. The van der Waals surface area contributed by atoms with Crippen molar-refractivity contribution in [3.05, 3.63) is 12.2 Å². The van der Waals surface area contributed by atoms with Gasteiger partial charge in [-0.25, -0.2) is 0 Å². The van der Waals surface area contributed by atoms with Gasteiger partial charge in [-0.3, -0.25) is 9.59 Å². The standard InChI is InChI=1S/C50H94O10/c1-3-5-7-9-11-13-15-17-18-19-20-21-22-23-24-25-27-29-31-33-35-37-39-46(53)59-43(42-58-50-49(56)48(55)47(54)44(40-51)60-50)41-57-45(52)38-36-34-32-30-28-26-16-14-12-10-8-6-4-2/h26,28,43-44,47-51,54-56H,3-25,27,29-42H2,1-2H3/b28-26+/t43-,44-,47+,48?,49?,50-/m1/s1. The maximum atomic E-state index is 12.8. The fourth-order valence-corrected chi connectivity index (χ4v) is 7.89. The van der Waals surface area contributed by atoms with Crippen molar-refractivity contribution in [3.8, 4) is 0 Å². The number of aliphatic hydroxyl groups excluding tert-OH is 4. The molecule has 0 radical (unpaired) electrons. The summed E-state index contributed by atoms with van der Waals surface area (Å²) in [6.45, 7) is 3.44. The summed E-state index contributed by atoms with van der Waals surface area (Å²) < 4.78 is 22.2. The molecule has 1 saturated heterocycles. The number of carbonyl (C=O) groups is 2. The van der Waals surface area contributed by atoms with Gasteiger partial charge < -0.3 is 39.4 Å². The van der Waals surface area contributed by atoms with E-state index < -0.39 is 49.4 Å². The van der Waals surface area contributed by atoms with E-state index in [0.29, 0.717) is 12.8 Å². The van der Waals surface area contributed by atoms with E-state index in [1.54, 1.807) is 0 Å². The van der Waals surface area contributed by atoms with Gasteiger partial charge in [-0.2, -0.15) is 0 Å². The molecule has 354 valence electrons. The molecule has 10 heteroatoms. The van der Waals surface area contributed by atoms with Crippen molar-refractivity contribution < 1.29 is 49.0 Å². The van der Waals surface area contributed by atoms with Crippen LogP contribution < -0.4 is 0 Å². The van der Waals surface area contributed by atoms with E-state index in [1.807, 2.05) is 0 Å². The molecular formula is C50H94O10. The van der Waals surface area contributed by atoms with Crippen LogP contribution in [0.15, 0.2) is 12.2 Å². The number of hydrogen-bond acceptors (Lipinski definition) is 10. The molecule has 0 spiro atoms. The minimum absolute atomic E-state index is 0.220. The smallest absolute Gasteiger partial charge is 0.306 e. The molecule has 2 unspecified atom stereocenters. The van der Waals surface area contributed by atoms with Crippen LogP contribution in [0.2, 0.25) is 0 Å². The molecule has 4 N–H and O–H groups in total. The highest BCUT2D eigenvalue weighted by atomic mass is 16.7. The Morgan fingerprint density at radius 1 is 0.500 bits per heavy atom. The molecule has 1 aliphatic rings. The number of esters is 2. The number of rotatable bonds is 43. The quantitative estimate of drug-likeness (QED) is 0.0265. The van der Waals surface area contributed by atoms with Crippen molar-refractivity contribution in [3.63, 3.8) is 0 Å². The molecular weight excluding hydrogens is 761 g/mol. The zero-order valence-electron chi connectivity index (χ0n) is 38.7. The minimum atomic E-state index is -1.59. The third-order valence-electron chi connectivity index (χ3n) is 11.9. The van der Waals surface area contributed by atoms with Gasteiger partial charge in [0.25, 0.3) is 0 Å². The monoisotopic (exact) mass is 855 g/mol. The summed E-state index contributed by atoms with van der Waals surface area (Å²) in [4.78, 5) is 25.4. The zero-order valence-corrected chi connectivity index (χ0v) is 38.7. The Balaban J connectivity index is 2.24. The number of aliphatic hydroxyl groups is 4. The molecule has 0 aliphatic carbocycles. The average Bonchev–Trinajstić information content (AvgIpc) is 3.25. The summed E-state index contributed by atoms with van der Waals surface area (Å²) in [5.74, 6) is -0.812. The Labute approximate surface area is 367 Å². The van der Waals surface area contributed by atoms with Crippen LogP contribution in [-0.4, -0.2) is 89.0 Å². The number of unbranched alkanes of at least 4 members (excludes halogenated alkanes) is 30. The largest absolute Gasteiger partial charge is 0.462 e. The van der Waals surface area contributed by atoms with Gasteiger partial charge in [0.15, 0.2) is 12.4 Å². The van der Waals surface area contributed by atoms with Crippen molar-refractivity contribution in [1.82, 2.24) is 0 Å². The lowest BCUT2D eigenvalue weighted by Crippen LogP contribution is -2.59. The minimum Gasteiger partial charge on any atom is -0.462 e. The van der Waals surface area contributed by atoms with Gasteiger partial charge in [0.1, 0.15) is 31.0 Å². The summed E-state index contributed by atoms with van der Waals surface area (Å²) in [6.07, 6.45) is 38.0. The van der Waals surface area contributed by atoms with Gasteiger partial charge in [-0.05, 0) is 38.5 Å². The van der Waals surface area contributed by atoms with Crippen molar-refractivity contribution in [2.75, 3.05) is 19.8 Å². The second kappa shape index (κ2) is 41.5. The van der Waals surface area contributed by atoms with Crippen LogP contribution >= 0.6 is 0 Å². The molecule has 0 aromatic heterocycles. The molecule has 0 aromatic carbocycles. The topological polar surface area (TPSA) is 152 Å². The first kappa shape index (κ1) is 56.5.